The Morgan fingerprint density at radius 2 is 1.70 bits per heavy atom. The second-order valence-electron chi connectivity index (χ2n) is 4.48. The number of fused-ring (bicyclic) bond motifs is 1. The zero-order valence-corrected chi connectivity index (χ0v) is 11.2. The third-order valence-corrected chi connectivity index (χ3v) is 3.60. The zero-order chi connectivity index (χ0) is 14.4. The smallest absolute Gasteiger partial charge is 0.349 e. The highest BCUT2D eigenvalue weighted by molar-refractivity contribution is 6.34. The number of nitrogens with zero attached hydrogens (tertiary/aromatic N) is 2. The lowest BCUT2D eigenvalue weighted by Crippen LogP contribution is -2.41. The Labute approximate surface area is 119 Å². The van der Waals surface area contributed by atoms with Crippen molar-refractivity contribution in [3.63, 3.8) is 0 Å². The number of hydrogen-bond donors (Lipinski definition) is 0. The number of hydrogen-bond acceptors (Lipinski definition) is 3. The quantitative estimate of drug-likeness (QED) is 0.458. The average Bonchev–Trinajstić information content (AvgIpc) is 2.68. The van der Waals surface area contributed by atoms with E-state index in [1.807, 2.05) is 0 Å². The molecule has 0 atom stereocenters. The molecule has 2 heterocycles. The minimum Gasteiger partial charge on any atom is -0.711 e. The van der Waals surface area contributed by atoms with Gasteiger partial charge in [0.25, 0.3) is 5.82 Å². The summed E-state index contributed by atoms with van der Waals surface area (Å²) >= 11 is 5.85. The summed E-state index contributed by atoms with van der Waals surface area (Å²) in [4.78, 5) is 25.4. The Kier molecular flexibility index (Phi) is 2.72. The van der Waals surface area contributed by atoms with Gasteiger partial charge in [-0.1, -0.05) is 23.7 Å². The average molecular weight is 289 g/mol. The van der Waals surface area contributed by atoms with E-state index in [0.29, 0.717) is 21.4 Å². The van der Waals surface area contributed by atoms with Crippen LogP contribution in [0.1, 0.15) is 26.3 Å². The molecule has 0 bridgehead atoms. The van der Waals surface area contributed by atoms with Gasteiger partial charge in [0.2, 0.25) is 0 Å². The van der Waals surface area contributed by atoms with Crippen molar-refractivity contribution >= 4 is 29.2 Å². The first-order valence-corrected chi connectivity index (χ1v) is 6.25. The zero-order valence-electron chi connectivity index (χ0n) is 10.5. The number of halogens is 1. The normalized spacial score (nSPS) is 13.8. The van der Waals surface area contributed by atoms with Crippen LogP contribution < -0.4 is 9.63 Å². The summed E-state index contributed by atoms with van der Waals surface area (Å²) in [6.45, 7) is 1.70. The molecule has 1 aromatic carbocycles. The van der Waals surface area contributed by atoms with Crippen molar-refractivity contribution in [2.45, 2.75) is 6.92 Å². The summed E-state index contributed by atoms with van der Waals surface area (Å²) in [6.07, 6.45) is 1.13. The van der Waals surface area contributed by atoms with Crippen LogP contribution in [0.25, 0.3) is 0 Å². The fourth-order valence-corrected chi connectivity index (χ4v) is 2.30. The van der Waals surface area contributed by atoms with Crippen molar-refractivity contribution in [2.75, 3.05) is 4.90 Å². The number of aryl methyl sites for hydroxylation is 1. The molecule has 2 amide bonds. The third-order valence-electron chi connectivity index (χ3n) is 3.20. The minimum atomic E-state index is -0.503. The summed E-state index contributed by atoms with van der Waals surface area (Å²) in [5.74, 6) is -1.05. The molecule has 0 fully saturated rings. The minimum absolute atomic E-state index is 0.0434. The van der Waals surface area contributed by atoms with Crippen molar-refractivity contribution in [3.05, 3.63) is 63.4 Å². The highest BCUT2D eigenvalue weighted by Gasteiger charge is 2.44. The van der Waals surface area contributed by atoms with Gasteiger partial charge in [-0.25, -0.2) is 14.3 Å². The number of carbonyl (C=O) groups is 2. The molecule has 0 aliphatic carbocycles. The summed E-state index contributed by atoms with van der Waals surface area (Å²) in [7, 11) is 0. The largest absolute Gasteiger partial charge is 0.711 e. The summed E-state index contributed by atoms with van der Waals surface area (Å²) < 4.78 is 0.428. The van der Waals surface area contributed by atoms with Crippen LogP contribution in [0.15, 0.2) is 36.5 Å². The Morgan fingerprint density at radius 3 is 2.25 bits per heavy atom. The number of pyridine rings is 1. The molecule has 6 heteroatoms. The molecule has 0 saturated heterocycles. The van der Waals surface area contributed by atoms with Crippen molar-refractivity contribution < 1.29 is 14.3 Å². The monoisotopic (exact) mass is 288 g/mol. The number of carbonyl (C=O) groups excluding carboxylic acids is 2. The Bertz CT molecular complexity index is 723. The van der Waals surface area contributed by atoms with Gasteiger partial charge in [-0.05, 0) is 24.6 Å². The maximum Gasteiger partial charge on any atom is 0.349 e. The molecule has 1 aliphatic rings. The molecular formula is C14H9ClN2O3. The van der Waals surface area contributed by atoms with Crippen molar-refractivity contribution in [1.29, 1.82) is 0 Å². The topological polar surface area (TPSA) is 64.3 Å². The maximum atomic E-state index is 12.3. The predicted octanol–water partition coefficient (Wildman–Crippen LogP) is 2.08. The van der Waals surface area contributed by atoms with Gasteiger partial charge in [-0.15, -0.1) is 4.90 Å². The molecule has 0 radical (unpaired) electrons. The van der Waals surface area contributed by atoms with Gasteiger partial charge < -0.3 is 5.21 Å². The molecular weight excluding hydrogens is 280 g/mol. The number of benzene rings is 1. The van der Waals surface area contributed by atoms with E-state index in [1.54, 1.807) is 31.2 Å². The number of rotatable bonds is 1. The van der Waals surface area contributed by atoms with Crippen LogP contribution in [0.2, 0.25) is 5.02 Å². The summed E-state index contributed by atoms with van der Waals surface area (Å²) in [6, 6.07) is 7.90. The maximum absolute atomic E-state index is 12.3. The van der Waals surface area contributed by atoms with Gasteiger partial charge in [0.05, 0.1) is 16.1 Å². The van der Waals surface area contributed by atoms with Crippen molar-refractivity contribution in [3.8, 4) is 0 Å². The van der Waals surface area contributed by atoms with Gasteiger partial charge in [-0.3, -0.25) is 0 Å². The highest BCUT2D eigenvalue weighted by atomic mass is 35.5. The summed E-state index contributed by atoms with van der Waals surface area (Å²) in [5, 5.41) is 12.2. The number of aromatic nitrogens is 1. The van der Waals surface area contributed by atoms with Crippen LogP contribution in [-0.2, 0) is 0 Å². The van der Waals surface area contributed by atoms with Crippen LogP contribution in [0.3, 0.4) is 0 Å². The molecule has 0 spiro atoms. The van der Waals surface area contributed by atoms with Crippen molar-refractivity contribution in [2.24, 2.45) is 0 Å². The van der Waals surface area contributed by atoms with E-state index in [4.69, 9.17) is 11.6 Å². The van der Waals surface area contributed by atoms with Crippen molar-refractivity contribution in [1.82, 2.24) is 0 Å². The molecule has 20 heavy (non-hydrogen) atoms. The molecule has 2 aromatic rings. The molecule has 1 aromatic heterocycles. The van der Waals surface area contributed by atoms with E-state index in [9.17, 15) is 14.8 Å². The lowest BCUT2D eigenvalue weighted by Gasteiger charge is -2.14. The second kappa shape index (κ2) is 4.31. The SMILES string of the molecule is Cc1cc(N2C(=O)c3ccccc3C2=O)[n+]([O-])cc1Cl. The Hall–Kier alpha value is -2.40. The van der Waals surface area contributed by atoms with Gasteiger partial charge in [0.1, 0.15) is 6.20 Å². The lowest BCUT2D eigenvalue weighted by atomic mass is 10.1. The van der Waals surface area contributed by atoms with Crippen LogP contribution in [-0.4, -0.2) is 11.8 Å². The van der Waals surface area contributed by atoms with Gasteiger partial charge >= 0.3 is 11.8 Å². The summed E-state index contributed by atoms with van der Waals surface area (Å²) in [5.41, 5.74) is 1.21. The van der Waals surface area contributed by atoms with E-state index in [-0.39, 0.29) is 10.8 Å². The highest BCUT2D eigenvalue weighted by Crippen LogP contribution is 2.27. The van der Waals surface area contributed by atoms with Crippen LogP contribution in [0.5, 0.6) is 0 Å². The first-order chi connectivity index (χ1) is 9.50. The van der Waals surface area contributed by atoms with Gasteiger partial charge in [0, 0.05) is 6.07 Å². The van der Waals surface area contributed by atoms with E-state index in [0.717, 1.165) is 11.1 Å². The number of amides is 2. The van der Waals surface area contributed by atoms with E-state index in [1.165, 1.54) is 6.07 Å². The van der Waals surface area contributed by atoms with Crippen LogP contribution >= 0.6 is 11.6 Å². The molecule has 1 aliphatic heterocycles. The van der Waals surface area contributed by atoms with E-state index < -0.39 is 11.8 Å². The number of imide groups is 1. The Balaban J connectivity index is 2.17. The fraction of sp³-hybridized carbons (Fsp3) is 0.0714. The predicted molar refractivity (Wildman–Crippen MR) is 72.7 cm³/mol. The van der Waals surface area contributed by atoms with Crippen LogP contribution in [0.4, 0.5) is 5.82 Å². The fourth-order valence-electron chi connectivity index (χ4n) is 2.16. The van der Waals surface area contributed by atoms with E-state index in [2.05, 4.69) is 0 Å². The molecule has 5 nitrogen and oxygen atoms in total. The standard InChI is InChI=1S/C14H9ClN2O3/c1-8-6-12(16(20)7-11(8)15)17-13(18)9-4-2-3-5-10(9)14(17)19/h2-7H,1H3. The number of anilines is 1. The molecule has 3 rings (SSSR count). The molecule has 0 saturated carbocycles. The van der Waals surface area contributed by atoms with E-state index >= 15 is 0 Å². The van der Waals surface area contributed by atoms with Gasteiger partial charge in [0.15, 0.2) is 0 Å². The molecule has 0 N–H and O–H groups in total. The first kappa shape index (κ1) is 12.6. The lowest BCUT2D eigenvalue weighted by molar-refractivity contribution is -0.591. The molecule has 100 valence electrons. The van der Waals surface area contributed by atoms with Crippen LogP contribution in [0, 0.1) is 12.1 Å². The molecule has 0 unspecified atom stereocenters. The first-order valence-electron chi connectivity index (χ1n) is 5.88. The Morgan fingerprint density at radius 1 is 1.15 bits per heavy atom. The second-order valence-corrected chi connectivity index (χ2v) is 4.89. The van der Waals surface area contributed by atoms with Gasteiger partial charge in [-0.2, -0.15) is 0 Å². The third kappa shape index (κ3) is 1.67.